The first-order valence-corrected chi connectivity index (χ1v) is 7.05. The lowest BCUT2D eigenvalue weighted by Crippen LogP contribution is -1.99. The molecule has 0 aliphatic heterocycles. The van der Waals surface area contributed by atoms with Gasteiger partial charge in [-0.2, -0.15) is 15.0 Å². The van der Waals surface area contributed by atoms with Gasteiger partial charge >= 0.3 is 0 Å². The average Bonchev–Trinajstić information content (AvgIpc) is 2.67. The van der Waals surface area contributed by atoms with Gasteiger partial charge in [0.1, 0.15) is 0 Å². The molecular weight excluding hydrogens is 325 g/mol. The van der Waals surface area contributed by atoms with Gasteiger partial charge in [0, 0.05) is 5.69 Å². The molecule has 2 aromatic heterocycles. The third-order valence-corrected chi connectivity index (χ3v) is 3.79. The van der Waals surface area contributed by atoms with Crippen LogP contribution in [0.2, 0.25) is 10.6 Å². The Morgan fingerprint density at radius 3 is 2.63 bits per heavy atom. The van der Waals surface area contributed by atoms with E-state index in [1.807, 2.05) is 18.2 Å². The van der Waals surface area contributed by atoms with Crippen LogP contribution in [0.1, 0.15) is 0 Å². The standard InChI is InChI=1S/C10H5Cl2N5S2/c11-7-15-8(12)17-9(16-7)13-4-1-2-5-6(3-4)19-10(18)14-5/h1-3H,(H,14,18)(H,13,15,16,17). The van der Waals surface area contributed by atoms with Gasteiger partial charge in [-0.15, -0.1) is 11.3 Å². The first kappa shape index (κ1) is 12.7. The summed E-state index contributed by atoms with van der Waals surface area (Å²) in [7, 11) is 0. The van der Waals surface area contributed by atoms with Gasteiger partial charge in [0.25, 0.3) is 0 Å². The molecule has 5 nitrogen and oxygen atoms in total. The normalized spacial score (nSPS) is 10.8. The molecule has 0 radical (unpaired) electrons. The number of hydrogen-bond donors (Lipinski definition) is 2. The fourth-order valence-electron chi connectivity index (χ4n) is 1.53. The highest BCUT2D eigenvalue weighted by Gasteiger charge is 2.05. The molecule has 3 rings (SSSR count). The number of fused-ring (bicyclic) bond motifs is 1. The van der Waals surface area contributed by atoms with Crippen molar-refractivity contribution in [3.63, 3.8) is 0 Å². The van der Waals surface area contributed by atoms with E-state index in [1.54, 1.807) is 0 Å². The number of benzene rings is 1. The van der Waals surface area contributed by atoms with E-state index in [1.165, 1.54) is 11.3 Å². The topological polar surface area (TPSA) is 66.5 Å². The highest BCUT2D eigenvalue weighted by Crippen LogP contribution is 2.24. The summed E-state index contributed by atoms with van der Waals surface area (Å²) in [5, 5.41) is 3.10. The maximum absolute atomic E-state index is 5.71. The molecule has 9 heteroatoms. The van der Waals surface area contributed by atoms with Crippen molar-refractivity contribution in [2.24, 2.45) is 0 Å². The van der Waals surface area contributed by atoms with Crippen LogP contribution >= 0.6 is 46.8 Å². The maximum Gasteiger partial charge on any atom is 0.232 e. The smallest absolute Gasteiger partial charge is 0.232 e. The Kier molecular flexibility index (Phi) is 3.36. The predicted molar refractivity (Wildman–Crippen MR) is 80.1 cm³/mol. The van der Waals surface area contributed by atoms with Crippen LogP contribution in [0.4, 0.5) is 11.6 Å². The Morgan fingerprint density at radius 2 is 1.89 bits per heavy atom. The zero-order valence-electron chi connectivity index (χ0n) is 9.15. The van der Waals surface area contributed by atoms with E-state index in [-0.39, 0.29) is 10.6 Å². The van der Waals surface area contributed by atoms with Gasteiger partial charge in [-0.25, -0.2) is 0 Å². The molecule has 0 atom stereocenters. The van der Waals surface area contributed by atoms with Crippen molar-refractivity contribution in [3.05, 3.63) is 32.7 Å². The zero-order valence-corrected chi connectivity index (χ0v) is 12.3. The summed E-state index contributed by atoms with van der Waals surface area (Å²) < 4.78 is 1.78. The van der Waals surface area contributed by atoms with Crippen LogP contribution in [0.25, 0.3) is 10.2 Å². The third-order valence-electron chi connectivity index (χ3n) is 2.26. The first-order chi connectivity index (χ1) is 9.10. The van der Waals surface area contributed by atoms with E-state index in [4.69, 9.17) is 35.4 Å². The highest BCUT2D eigenvalue weighted by molar-refractivity contribution is 7.73. The molecule has 0 saturated heterocycles. The number of rotatable bonds is 2. The molecular formula is C10H5Cl2N5S2. The average molecular weight is 330 g/mol. The molecule has 0 spiro atoms. The molecule has 96 valence electrons. The maximum atomic E-state index is 5.71. The number of halogens is 2. The van der Waals surface area contributed by atoms with Crippen LogP contribution in [-0.2, 0) is 0 Å². The number of nitrogens with one attached hydrogen (secondary N) is 2. The summed E-state index contributed by atoms with van der Waals surface area (Å²) in [5.74, 6) is 0.295. The minimum absolute atomic E-state index is 0.0425. The monoisotopic (exact) mass is 329 g/mol. The number of H-pyrrole nitrogens is 1. The van der Waals surface area contributed by atoms with E-state index in [2.05, 4.69) is 25.3 Å². The minimum Gasteiger partial charge on any atom is -0.337 e. The molecule has 2 N–H and O–H groups in total. The fourth-order valence-corrected chi connectivity index (χ4v) is 3.05. The number of nitrogens with zero attached hydrogens (tertiary/aromatic N) is 3. The quantitative estimate of drug-likeness (QED) is 0.690. The summed E-state index contributed by atoms with van der Waals surface area (Å²) in [6.45, 7) is 0. The number of anilines is 2. The summed E-state index contributed by atoms with van der Waals surface area (Å²) in [6, 6.07) is 5.75. The Labute approximate surface area is 126 Å². The lowest BCUT2D eigenvalue weighted by atomic mass is 10.3. The number of aromatic nitrogens is 4. The molecule has 0 saturated carbocycles. The summed E-state index contributed by atoms with van der Waals surface area (Å²) in [5.41, 5.74) is 1.81. The van der Waals surface area contributed by atoms with Gasteiger partial charge in [0.2, 0.25) is 16.5 Å². The van der Waals surface area contributed by atoms with E-state index in [9.17, 15) is 0 Å². The van der Waals surface area contributed by atoms with Crippen molar-refractivity contribution in [3.8, 4) is 0 Å². The second-order valence-electron chi connectivity index (χ2n) is 3.55. The van der Waals surface area contributed by atoms with Gasteiger partial charge < -0.3 is 10.3 Å². The molecule has 0 amide bonds. The fraction of sp³-hybridized carbons (Fsp3) is 0. The van der Waals surface area contributed by atoms with Crippen molar-refractivity contribution in [2.75, 3.05) is 5.32 Å². The van der Waals surface area contributed by atoms with E-state index in [0.29, 0.717) is 5.95 Å². The van der Waals surface area contributed by atoms with Gasteiger partial charge in [0.05, 0.1) is 10.2 Å². The highest BCUT2D eigenvalue weighted by atomic mass is 35.5. The van der Waals surface area contributed by atoms with Crippen LogP contribution in [0.3, 0.4) is 0 Å². The van der Waals surface area contributed by atoms with Crippen molar-refractivity contribution >= 4 is 68.6 Å². The van der Waals surface area contributed by atoms with E-state index < -0.39 is 0 Å². The second-order valence-corrected chi connectivity index (χ2v) is 5.94. The van der Waals surface area contributed by atoms with Crippen LogP contribution < -0.4 is 5.32 Å². The first-order valence-electron chi connectivity index (χ1n) is 5.07. The number of hydrogen-bond acceptors (Lipinski definition) is 6. The third kappa shape index (κ3) is 2.84. The summed E-state index contributed by atoms with van der Waals surface area (Å²) in [4.78, 5) is 14.6. The predicted octanol–water partition coefficient (Wildman–Crippen LogP) is 4.19. The Morgan fingerprint density at radius 1 is 1.16 bits per heavy atom. The summed E-state index contributed by atoms with van der Waals surface area (Å²) in [6.07, 6.45) is 0. The van der Waals surface area contributed by atoms with Gasteiger partial charge in [0.15, 0.2) is 3.95 Å². The minimum atomic E-state index is 0.0425. The Balaban J connectivity index is 1.98. The molecule has 1 aromatic carbocycles. The van der Waals surface area contributed by atoms with Gasteiger partial charge in [-0.05, 0) is 53.6 Å². The van der Waals surface area contributed by atoms with E-state index >= 15 is 0 Å². The van der Waals surface area contributed by atoms with Crippen LogP contribution in [0.15, 0.2) is 18.2 Å². The van der Waals surface area contributed by atoms with Crippen molar-refractivity contribution in [1.29, 1.82) is 0 Å². The SMILES string of the molecule is S=c1[nH]c2ccc(Nc3nc(Cl)nc(Cl)n3)cc2s1. The Hall–Kier alpha value is -1.28. The summed E-state index contributed by atoms with van der Waals surface area (Å²) >= 11 is 18.0. The molecule has 2 heterocycles. The van der Waals surface area contributed by atoms with Gasteiger partial charge in [-0.3, -0.25) is 0 Å². The largest absolute Gasteiger partial charge is 0.337 e. The van der Waals surface area contributed by atoms with Gasteiger partial charge in [-0.1, -0.05) is 0 Å². The zero-order chi connectivity index (χ0) is 13.4. The Bertz CT molecular complexity index is 793. The molecule has 0 fully saturated rings. The molecule has 0 aliphatic rings. The number of thiazole rings is 1. The lowest BCUT2D eigenvalue weighted by molar-refractivity contribution is 1.05. The lowest BCUT2D eigenvalue weighted by Gasteiger charge is -2.04. The molecule has 3 aromatic rings. The molecule has 0 unspecified atom stereocenters. The molecule has 19 heavy (non-hydrogen) atoms. The van der Waals surface area contributed by atoms with Crippen LogP contribution in [-0.4, -0.2) is 19.9 Å². The van der Waals surface area contributed by atoms with Crippen LogP contribution in [0.5, 0.6) is 0 Å². The van der Waals surface area contributed by atoms with Crippen molar-refractivity contribution in [1.82, 2.24) is 19.9 Å². The second kappa shape index (κ2) is 5.01. The molecule has 0 aliphatic carbocycles. The van der Waals surface area contributed by atoms with Crippen LogP contribution in [0, 0.1) is 3.95 Å². The van der Waals surface area contributed by atoms with Crippen molar-refractivity contribution < 1.29 is 0 Å². The molecule has 0 bridgehead atoms. The van der Waals surface area contributed by atoms with Crippen molar-refractivity contribution in [2.45, 2.75) is 0 Å². The van der Waals surface area contributed by atoms with E-state index in [0.717, 1.165) is 19.9 Å². The number of aromatic amines is 1.